The second-order valence-electron chi connectivity index (χ2n) is 22.0. The van der Waals surface area contributed by atoms with Gasteiger partial charge in [-0.05, 0) is 83.5 Å². The zero-order chi connectivity index (χ0) is 55.0. The van der Waals surface area contributed by atoms with Crippen molar-refractivity contribution in [1.29, 1.82) is 0 Å². The maximum atomic E-state index is 12.9. The Kier molecular flexibility index (Phi) is 61.7. The van der Waals surface area contributed by atoms with Crippen molar-refractivity contribution in [3.8, 4) is 0 Å². The second kappa shape index (κ2) is 64.4. The van der Waals surface area contributed by atoms with Crippen molar-refractivity contribution in [3.05, 3.63) is 72.9 Å². The molecule has 0 heterocycles. The average Bonchev–Trinajstić information content (AvgIpc) is 3.42. The van der Waals surface area contributed by atoms with Crippen LogP contribution < -0.4 is 0 Å². The molecule has 0 aromatic rings. The number of allylic oxidation sites excluding steroid dienone is 12. The molecule has 0 fully saturated rings. The van der Waals surface area contributed by atoms with Crippen molar-refractivity contribution >= 4 is 17.9 Å². The standard InChI is InChI=1S/C70H124O6/c1-4-7-10-13-16-19-22-25-27-29-30-31-32-33-34-35-36-37-38-39-41-42-45-48-51-54-57-60-63-69(72)75-66-67(65-74-68(71)62-59-56-53-50-47-44-24-21-18-15-12-9-6-3)76-70(73)64-61-58-55-52-49-46-43-40-28-26-23-20-17-14-11-8-5-2/h8,11-12,15,17,20-21,24,26,28,43,46,67H,4-7,9-10,13-14,16,18-19,22-23,25,27,29-42,44-45,47-66H2,1-3H3/b11-8-,15-12-,20-17-,24-21-,28-26-,46-43-. The predicted octanol–water partition coefficient (Wildman–Crippen LogP) is 22.5. The van der Waals surface area contributed by atoms with Gasteiger partial charge in [-0.15, -0.1) is 0 Å². The van der Waals surface area contributed by atoms with E-state index in [1.165, 1.54) is 167 Å². The molecule has 0 aliphatic rings. The fourth-order valence-electron chi connectivity index (χ4n) is 9.53. The molecule has 0 aliphatic heterocycles. The molecule has 0 spiro atoms. The van der Waals surface area contributed by atoms with Gasteiger partial charge in [-0.1, -0.05) is 306 Å². The minimum Gasteiger partial charge on any atom is -0.462 e. The van der Waals surface area contributed by atoms with Gasteiger partial charge < -0.3 is 14.2 Å². The van der Waals surface area contributed by atoms with Crippen molar-refractivity contribution in [1.82, 2.24) is 0 Å². The van der Waals surface area contributed by atoms with Crippen LogP contribution in [0, 0.1) is 0 Å². The maximum absolute atomic E-state index is 12.9. The van der Waals surface area contributed by atoms with Crippen molar-refractivity contribution in [2.75, 3.05) is 13.2 Å². The number of hydrogen-bond donors (Lipinski definition) is 0. The van der Waals surface area contributed by atoms with Crippen LogP contribution in [0.3, 0.4) is 0 Å². The van der Waals surface area contributed by atoms with E-state index in [1.807, 2.05) is 0 Å². The van der Waals surface area contributed by atoms with Gasteiger partial charge in [-0.2, -0.15) is 0 Å². The molecule has 0 N–H and O–H groups in total. The summed E-state index contributed by atoms with van der Waals surface area (Å²) in [6.07, 6.45) is 83.6. The minimum absolute atomic E-state index is 0.0876. The van der Waals surface area contributed by atoms with Gasteiger partial charge in [-0.3, -0.25) is 14.4 Å². The normalized spacial score (nSPS) is 12.5. The van der Waals surface area contributed by atoms with E-state index in [4.69, 9.17) is 14.2 Å². The molecular weight excluding hydrogens is 937 g/mol. The number of esters is 3. The molecule has 0 radical (unpaired) electrons. The molecule has 0 saturated carbocycles. The third-order valence-electron chi connectivity index (χ3n) is 14.4. The van der Waals surface area contributed by atoms with Crippen LogP contribution in [0.5, 0.6) is 0 Å². The summed E-state index contributed by atoms with van der Waals surface area (Å²) in [6.45, 7) is 6.47. The molecule has 0 saturated heterocycles. The Morgan fingerprint density at radius 3 is 0.855 bits per heavy atom. The molecule has 6 nitrogen and oxygen atoms in total. The summed E-state index contributed by atoms with van der Waals surface area (Å²) in [7, 11) is 0. The van der Waals surface area contributed by atoms with E-state index in [0.29, 0.717) is 19.3 Å². The lowest BCUT2D eigenvalue weighted by Gasteiger charge is -2.18. The maximum Gasteiger partial charge on any atom is 0.306 e. The Morgan fingerprint density at radius 1 is 0.276 bits per heavy atom. The fraction of sp³-hybridized carbons (Fsp3) is 0.786. The first kappa shape index (κ1) is 72.8. The zero-order valence-corrected chi connectivity index (χ0v) is 50.5. The van der Waals surface area contributed by atoms with Gasteiger partial charge in [0.15, 0.2) is 6.10 Å². The minimum atomic E-state index is -0.794. The van der Waals surface area contributed by atoms with E-state index >= 15 is 0 Å². The SMILES string of the molecule is CC/C=C\C/C=C\C/C=C\C/C=C\CCCCCCC(=O)OC(COC(=O)CCCCCCC/C=C\C/C=C\CCC)COC(=O)CCCCCCCCCCCCCCCCCCCCCCCCCCCCCC. The Morgan fingerprint density at radius 2 is 0.539 bits per heavy atom. The lowest BCUT2D eigenvalue weighted by molar-refractivity contribution is -0.167. The summed E-state index contributed by atoms with van der Waals surface area (Å²) >= 11 is 0. The number of unbranched alkanes of at least 4 members (excludes halogenated alkanes) is 37. The second-order valence-corrected chi connectivity index (χ2v) is 22.0. The Hall–Kier alpha value is -3.15. The molecule has 76 heavy (non-hydrogen) atoms. The van der Waals surface area contributed by atoms with Gasteiger partial charge in [0.1, 0.15) is 13.2 Å². The van der Waals surface area contributed by atoms with Gasteiger partial charge in [0, 0.05) is 19.3 Å². The summed E-state index contributed by atoms with van der Waals surface area (Å²) in [4.78, 5) is 38.3. The molecule has 6 heteroatoms. The van der Waals surface area contributed by atoms with Crippen LogP contribution in [0.15, 0.2) is 72.9 Å². The summed E-state index contributed by atoms with van der Waals surface area (Å²) in [5.74, 6) is -0.912. The lowest BCUT2D eigenvalue weighted by atomic mass is 10.0. The van der Waals surface area contributed by atoms with Crippen molar-refractivity contribution in [3.63, 3.8) is 0 Å². The van der Waals surface area contributed by atoms with E-state index in [2.05, 4.69) is 93.7 Å². The number of carbonyl (C=O) groups is 3. The molecule has 440 valence electrons. The van der Waals surface area contributed by atoms with E-state index in [0.717, 1.165) is 128 Å². The third kappa shape index (κ3) is 61.7. The van der Waals surface area contributed by atoms with Gasteiger partial charge in [0.05, 0.1) is 0 Å². The van der Waals surface area contributed by atoms with Crippen LogP contribution in [0.25, 0.3) is 0 Å². The number of hydrogen-bond acceptors (Lipinski definition) is 6. The van der Waals surface area contributed by atoms with Crippen LogP contribution in [-0.4, -0.2) is 37.2 Å². The first-order valence-electron chi connectivity index (χ1n) is 32.9. The van der Waals surface area contributed by atoms with Gasteiger partial charge in [0.25, 0.3) is 0 Å². The molecule has 0 aliphatic carbocycles. The predicted molar refractivity (Wildman–Crippen MR) is 330 cm³/mol. The quantitative estimate of drug-likeness (QED) is 0.0261. The molecule has 0 rings (SSSR count). The highest BCUT2D eigenvalue weighted by Crippen LogP contribution is 2.18. The van der Waals surface area contributed by atoms with Crippen LogP contribution in [0.4, 0.5) is 0 Å². The summed E-state index contributed by atoms with van der Waals surface area (Å²) in [5, 5.41) is 0. The van der Waals surface area contributed by atoms with Crippen LogP contribution in [-0.2, 0) is 28.6 Å². The summed E-state index contributed by atoms with van der Waals surface area (Å²) in [5.41, 5.74) is 0. The molecule has 1 unspecified atom stereocenters. The van der Waals surface area contributed by atoms with Crippen LogP contribution in [0.1, 0.15) is 335 Å². The number of ether oxygens (including phenoxy) is 3. The monoisotopic (exact) mass is 1060 g/mol. The third-order valence-corrected chi connectivity index (χ3v) is 14.4. The molecule has 0 aromatic heterocycles. The topological polar surface area (TPSA) is 78.9 Å². The summed E-state index contributed by atoms with van der Waals surface area (Å²) in [6, 6.07) is 0. The smallest absolute Gasteiger partial charge is 0.306 e. The molecule has 1 atom stereocenters. The average molecular weight is 1060 g/mol. The highest BCUT2D eigenvalue weighted by molar-refractivity contribution is 5.71. The molecule has 0 aromatic carbocycles. The van der Waals surface area contributed by atoms with Gasteiger partial charge in [-0.25, -0.2) is 0 Å². The Balaban J connectivity index is 4.23. The van der Waals surface area contributed by atoms with Crippen LogP contribution in [0.2, 0.25) is 0 Å². The van der Waals surface area contributed by atoms with Crippen molar-refractivity contribution in [2.24, 2.45) is 0 Å². The summed E-state index contributed by atoms with van der Waals surface area (Å²) < 4.78 is 16.9. The molecule has 0 bridgehead atoms. The molecule has 0 amide bonds. The number of rotatable bonds is 60. The first-order chi connectivity index (χ1) is 37.5. The van der Waals surface area contributed by atoms with Crippen molar-refractivity contribution in [2.45, 2.75) is 341 Å². The van der Waals surface area contributed by atoms with E-state index in [-0.39, 0.29) is 31.1 Å². The van der Waals surface area contributed by atoms with Gasteiger partial charge in [0.2, 0.25) is 0 Å². The largest absolute Gasteiger partial charge is 0.462 e. The van der Waals surface area contributed by atoms with E-state index in [9.17, 15) is 14.4 Å². The van der Waals surface area contributed by atoms with E-state index < -0.39 is 6.10 Å². The van der Waals surface area contributed by atoms with Crippen LogP contribution >= 0.6 is 0 Å². The Labute approximate surface area is 472 Å². The highest BCUT2D eigenvalue weighted by atomic mass is 16.6. The van der Waals surface area contributed by atoms with Gasteiger partial charge >= 0.3 is 17.9 Å². The number of carbonyl (C=O) groups excluding carboxylic acids is 3. The van der Waals surface area contributed by atoms with E-state index in [1.54, 1.807) is 0 Å². The molecular formula is C70H124O6. The Bertz CT molecular complexity index is 1400. The van der Waals surface area contributed by atoms with Crippen molar-refractivity contribution < 1.29 is 28.6 Å². The first-order valence-corrected chi connectivity index (χ1v) is 32.9. The highest BCUT2D eigenvalue weighted by Gasteiger charge is 2.19. The fourth-order valence-corrected chi connectivity index (χ4v) is 9.53. The zero-order valence-electron chi connectivity index (χ0n) is 50.5. The lowest BCUT2D eigenvalue weighted by Crippen LogP contribution is -2.30.